The summed E-state index contributed by atoms with van der Waals surface area (Å²) in [4.78, 5) is 25.3. The number of hydrogen-bond acceptors (Lipinski definition) is 7. The molecule has 0 unspecified atom stereocenters. The maximum atomic E-state index is 12.3. The van der Waals surface area contributed by atoms with E-state index in [1.165, 1.54) is 19.2 Å². The Bertz CT molecular complexity index is 1140. The number of aliphatic hydroxyl groups excluding tert-OH is 1. The van der Waals surface area contributed by atoms with E-state index in [9.17, 15) is 14.7 Å². The molecule has 2 aromatic rings. The summed E-state index contributed by atoms with van der Waals surface area (Å²) in [6.45, 7) is 1.23. The van der Waals surface area contributed by atoms with Gasteiger partial charge in [0.2, 0.25) is 0 Å². The van der Waals surface area contributed by atoms with Gasteiger partial charge in [-0.05, 0) is 29.8 Å². The number of nitrogens with one attached hydrogen (secondary N) is 1. The van der Waals surface area contributed by atoms with Gasteiger partial charge in [-0.3, -0.25) is 4.79 Å². The summed E-state index contributed by atoms with van der Waals surface area (Å²) in [6.07, 6.45) is 1.66. The number of fused-ring (bicyclic) bond motifs is 1. The number of amides is 1. The lowest BCUT2D eigenvalue weighted by molar-refractivity contribution is -0.139. The van der Waals surface area contributed by atoms with Crippen molar-refractivity contribution in [3.63, 3.8) is 0 Å². The fourth-order valence-electron chi connectivity index (χ4n) is 4.58. The molecule has 2 aliphatic rings. The zero-order valence-electron chi connectivity index (χ0n) is 19.8. The molecule has 1 atom stereocenters. The second-order valence-corrected chi connectivity index (χ2v) is 9.86. The minimum atomic E-state index is -1.17. The van der Waals surface area contributed by atoms with Crippen molar-refractivity contribution >= 4 is 35.1 Å². The van der Waals surface area contributed by atoms with E-state index >= 15 is 0 Å². The third-order valence-corrected chi connectivity index (χ3v) is 6.92. The molecule has 9 nitrogen and oxygen atoms in total. The molecule has 0 radical (unpaired) electrons. The first-order valence-corrected chi connectivity index (χ1v) is 12.3. The summed E-state index contributed by atoms with van der Waals surface area (Å²) in [5, 5.41) is 22.8. The number of β-amino-alcohol motifs (C(OH)–C–C–N with tert-alkyl or cyclic N) is 1. The summed E-state index contributed by atoms with van der Waals surface area (Å²) in [7, 11) is 1.47. The van der Waals surface area contributed by atoms with Crippen LogP contribution in [0.15, 0.2) is 30.3 Å². The van der Waals surface area contributed by atoms with E-state index in [1.54, 1.807) is 0 Å². The Kier molecular flexibility index (Phi) is 8.14. The number of nitrogens with zero attached hydrogens (tertiary/aromatic N) is 1. The van der Waals surface area contributed by atoms with Crippen LogP contribution < -0.4 is 19.5 Å². The monoisotopic (exact) mass is 538 g/mol. The number of carbonyl (C=O) groups excluding carboxylic acids is 1. The molecule has 194 valence electrons. The van der Waals surface area contributed by atoms with E-state index in [1.807, 2.05) is 18.2 Å². The molecule has 11 heteroatoms. The van der Waals surface area contributed by atoms with Crippen LogP contribution in [-0.2, 0) is 11.2 Å². The number of likely N-dealkylation sites (tertiary alicyclic amines) is 1. The van der Waals surface area contributed by atoms with Gasteiger partial charge in [-0.15, -0.1) is 0 Å². The minimum Gasteiger partial charge on any atom is -0.490 e. The number of halogens is 2. The van der Waals surface area contributed by atoms with Crippen LogP contribution in [0.5, 0.6) is 17.2 Å². The number of ether oxygens (including phenoxy) is 3. The first-order valence-electron chi connectivity index (χ1n) is 11.6. The Morgan fingerprint density at radius 1 is 1.17 bits per heavy atom. The average Bonchev–Trinajstić information content (AvgIpc) is 3.20. The molecule has 1 spiro atoms. The molecule has 0 aliphatic carbocycles. The highest BCUT2D eigenvalue weighted by atomic mass is 35.5. The van der Waals surface area contributed by atoms with Gasteiger partial charge < -0.3 is 34.6 Å². The van der Waals surface area contributed by atoms with E-state index in [0.717, 1.165) is 43.7 Å². The van der Waals surface area contributed by atoms with Crippen LogP contribution in [0.3, 0.4) is 0 Å². The summed E-state index contributed by atoms with van der Waals surface area (Å²) in [6, 6.07) is 8.41. The van der Waals surface area contributed by atoms with Crippen LogP contribution in [0.2, 0.25) is 10.0 Å². The second kappa shape index (κ2) is 11.1. The van der Waals surface area contributed by atoms with E-state index in [-0.39, 0.29) is 34.3 Å². The largest absolute Gasteiger partial charge is 0.490 e. The molecule has 3 N–H and O–H groups in total. The topological polar surface area (TPSA) is 118 Å². The van der Waals surface area contributed by atoms with Gasteiger partial charge in [-0.2, -0.15) is 0 Å². The number of aliphatic hydroxyl groups is 1. The molecule has 0 aromatic heterocycles. The highest BCUT2D eigenvalue weighted by Crippen LogP contribution is 2.42. The van der Waals surface area contributed by atoms with Gasteiger partial charge in [0.1, 0.15) is 35.6 Å². The van der Waals surface area contributed by atoms with Crippen molar-refractivity contribution in [1.82, 2.24) is 10.2 Å². The number of piperidine rings is 1. The van der Waals surface area contributed by atoms with Crippen molar-refractivity contribution in [1.29, 1.82) is 0 Å². The molecule has 1 amide bonds. The molecule has 2 aromatic carbocycles. The molecular weight excluding hydrogens is 511 g/mol. The van der Waals surface area contributed by atoms with Crippen molar-refractivity contribution in [3.8, 4) is 17.2 Å². The minimum absolute atomic E-state index is 0.0661. The third kappa shape index (κ3) is 6.15. The zero-order chi connectivity index (χ0) is 25.9. The van der Waals surface area contributed by atoms with Crippen molar-refractivity contribution in [2.24, 2.45) is 0 Å². The lowest BCUT2D eigenvalue weighted by Gasteiger charge is -2.39. The smallest absolute Gasteiger partial charge is 0.341 e. The van der Waals surface area contributed by atoms with Gasteiger partial charge in [0.05, 0.1) is 10.6 Å². The molecule has 1 saturated heterocycles. The first kappa shape index (κ1) is 26.3. The zero-order valence-corrected chi connectivity index (χ0v) is 21.3. The SMILES string of the molecule is CNC(=O)c1cc(Cl)c(OCC(=O)O)cc1OC[C@@H](O)CN1CCC2(CC1)Cc1cc(Cl)ccc1O2. The molecule has 0 saturated carbocycles. The van der Waals surface area contributed by atoms with E-state index in [0.29, 0.717) is 11.6 Å². The number of carbonyl (C=O) groups is 2. The van der Waals surface area contributed by atoms with Crippen molar-refractivity contribution in [2.75, 3.05) is 39.9 Å². The molecule has 1 fully saturated rings. The second-order valence-electron chi connectivity index (χ2n) is 9.02. The number of carboxylic acid groups (broad SMARTS) is 1. The molecule has 36 heavy (non-hydrogen) atoms. The average molecular weight is 539 g/mol. The summed E-state index contributed by atoms with van der Waals surface area (Å²) in [5.41, 5.74) is 1.05. The third-order valence-electron chi connectivity index (χ3n) is 6.39. The predicted octanol–water partition coefficient (Wildman–Crippen LogP) is 3.03. The van der Waals surface area contributed by atoms with Crippen LogP contribution >= 0.6 is 23.2 Å². The van der Waals surface area contributed by atoms with Gasteiger partial charge in [-0.1, -0.05) is 23.2 Å². The normalized spacial score (nSPS) is 17.2. The number of rotatable bonds is 9. The van der Waals surface area contributed by atoms with Crippen LogP contribution in [0, 0.1) is 0 Å². The van der Waals surface area contributed by atoms with Gasteiger partial charge in [-0.25, -0.2) is 4.79 Å². The Balaban J connectivity index is 1.33. The highest BCUT2D eigenvalue weighted by Gasteiger charge is 2.42. The maximum absolute atomic E-state index is 12.3. The van der Waals surface area contributed by atoms with Crippen molar-refractivity contribution in [3.05, 3.63) is 51.5 Å². The molecule has 2 aliphatic heterocycles. The van der Waals surface area contributed by atoms with Gasteiger partial charge >= 0.3 is 5.97 Å². The van der Waals surface area contributed by atoms with Crippen molar-refractivity contribution in [2.45, 2.75) is 31.0 Å². The van der Waals surface area contributed by atoms with Crippen molar-refractivity contribution < 1.29 is 34.0 Å². The van der Waals surface area contributed by atoms with Gasteiger partial charge in [0, 0.05) is 57.0 Å². The van der Waals surface area contributed by atoms with Crippen LogP contribution in [-0.4, -0.2) is 78.6 Å². The summed E-state index contributed by atoms with van der Waals surface area (Å²) in [5.74, 6) is -0.518. The first-order chi connectivity index (χ1) is 17.2. The Morgan fingerprint density at radius 2 is 1.92 bits per heavy atom. The number of carboxylic acids is 1. The van der Waals surface area contributed by atoms with E-state index in [2.05, 4.69) is 10.2 Å². The summed E-state index contributed by atoms with van der Waals surface area (Å²) < 4.78 is 17.2. The molecular formula is C25H28Cl2N2O7. The Hall–Kier alpha value is -2.72. The lowest BCUT2D eigenvalue weighted by Crippen LogP contribution is -2.49. The van der Waals surface area contributed by atoms with E-state index < -0.39 is 24.6 Å². The van der Waals surface area contributed by atoms with E-state index in [4.69, 9.17) is 42.5 Å². The molecule has 2 heterocycles. The van der Waals surface area contributed by atoms with Gasteiger partial charge in [0.25, 0.3) is 5.91 Å². The van der Waals surface area contributed by atoms with Gasteiger partial charge in [0.15, 0.2) is 6.61 Å². The number of hydrogen-bond donors (Lipinski definition) is 3. The fourth-order valence-corrected chi connectivity index (χ4v) is 4.99. The number of benzene rings is 2. The lowest BCUT2D eigenvalue weighted by atomic mass is 9.87. The quantitative estimate of drug-likeness (QED) is 0.446. The van der Waals surface area contributed by atoms with Crippen LogP contribution in [0.4, 0.5) is 0 Å². The standard InChI is InChI=1S/C25H28Cl2N2O7/c1-28-24(33)18-9-19(27)22(35-14-23(31)32)10-21(18)34-13-17(30)12-29-6-4-25(5-7-29)11-15-8-16(26)2-3-20(15)36-25/h2-3,8-10,17,30H,4-7,11-14H2,1H3,(H,28,33)(H,31,32)/t17-/m0/s1. The fraction of sp³-hybridized carbons (Fsp3) is 0.440. The predicted molar refractivity (Wildman–Crippen MR) is 134 cm³/mol. The maximum Gasteiger partial charge on any atom is 0.341 e. The van der Waals surface area contributed by atoms with Crippen LogP contribution in [0.1, 0.15) is 28.8 Å². The Labute approximate surface area is 218 Å². The highest BCUT2D eigenvalue weighted by molar-refractivity contribution is 6.32. The molecule has 4 rings (SSSR count). The number of aliphatic carboxylic acids is 1. The van der Waals surface area contributed by atoms with Crippen LogP contribution in [0.25, 0.3) is 0 Å². The summed E-state index contributed by atoms with van der Waals surface area (Å²) >= 11 is 12.3. The molecule has 0 bridgehead atoms. The Morgan fingerprint density at radius 3 is 2.61 bits per heavy atom.